The second-order valence-corrected chi connectivity index (χ2v) is 11.1. The quantitative estimate of drug-likeness (QED) is 0.162. The van der Waals surface area contributed by atoms with E-state index in [2.05, 4.69) is 18.3 Å². The molecule has 0 saturated carbocycles. The number of carboxylic acids is 1. The topological polar surface area (TPSA) is 144 Å². The van der Waals surface area contributed by atoms with Crippen LogP contribution in [-0.2, 0) is 33.3 Å². The Hall–Kier alpha value is -2.53. The lowest BCUT2D eigenvalue weighted by molar-refractivity contribution is -0.155. The van der Waals surface area contributed by atoms with E-state index in [-0.39, 0.29) is 42.6 Å². The lowest BCUT2D eigenvalue weighted by Gasteiger charge is -2.39. The van der Waals surface area contributed by atoms with E-state index in [9.17, 15) is 24.6 Å². The number of carbonyl (C=O) groups is 3. The molecule has 3 rings (SSSR count). The maximum Gasteiger partial charge on any atom is 0.305 e. The number of hydrogen-bond acceptors (Lipinski definition) is 8. The van der Waals surface area contributed by atoms with Gasteiger partial charge in [-0.3, -0.25) is 14.4 Å². The number of epoxide rings is 1. The average Bonchev–Trinajstić information content (AvgIpc) is 3.48. The van der Waals surface area contributed by atoms with Crippen molar-refractivity contribution in [1.29, 1.82) is 0 Å². The Morgan fingerprint density at radius 1 is 1.15 bits per heavy atom. The lowest BCUT2D eigenvalue weighted by Crippen LogP contribution is -2.51. The summed E-state index contributed by atoms with van der Waals surface area (Å²) in [5, 5.41) is 23.0. The number of aliphatic carboxylic acids is 1. The number of hydrogen-bond donors (Lipinski definition) is 3. The van der Waals surface area contributed by atoms with Gasteiger partial charge in [-0.2, -0.15) is 0 Å². The van der Waals surface area contributed by atoms with Crippen molar-refractivity contribution < 1.29 is 43.5 Å². The van der Waals surface area contributed by atoms with Crippen LogP contribution in [0.5, 0.6) is 0 Å². The number of allylic oxidation sites excluding steroid dienone is 2. The molecule has 3 N–H and O–H groups in total. The van der Waals surface area contributed by atoms with E-state index in [0.717, 1.165) is 12.0 Å². The first kappa shape index (κ1) is 31.0. The van der Waals surface area contributed by atoms with Gasteiger partial charge in [0.05, 0.1) is 36.9 Å². The van der Waals surface area contributed by atoms with Crippen LogP contribution >= 0.6 is 0 Å². The summed E-state index contributed by atoms with van der Waals surface area (Å²) in [6, 6.07) is -0.134. The minimum Gasteiger partial charge on any atom is -0.481 e. The highest BCUT2D eigenvalue weighted by Gasteiger charge is 2.64. The number of amides is 1. The third kappa shape index (κ3) is 8.48. The van der Waals surface area contributed by atoms with Gasteiger partial charge in [0.25, 0.3) is 0 Å². The van der Waals surface area contributed by atoms with Gasteiger partial charge in [0.1, 0.15) is 23.9 Å². The van der Waals surface area contributed by atoms with Crippen molar-refractivity contribution in [2.24, 2.45) is 5.92 Å². The van der Waals surface area contributed by atoms with Crippen molar-refractivity contribution in [2.45, 2.75) is 122 Å². The van der Waals surface area contributed by atoms with Crippen LogP contribution < -0.4 is 5.32 Å². The molecular formula is C29H43NO9. The summed E-state index contributed by atoms with van der Waals surface area (Å²) >= 11 is 0. The summed E-state index contributed by atoms with van der Waals surface area (Å²) in [5.41, 5.74) is 0.227. The molecule has 0 radical (unpaired) electrons. The average molecular weight is 550 g/mol. The van der Waals surface area contributed by atoms with Gasteiger partial charge in [0, 0.05) is 19.4 Å². The van der Waals surface area contributed by atoms with Crippen LogP contribution in [0.1, 0.15) is 67.2 Å². The van der Waals surface area contributed by atoms with Gasteiger partial charge in [-0.25, -0.2) is 0 Å². The van der Waals surface area contributed by atoms with Gasteiger partial charge in [-0.1, -0.05) is 30.7 Å². The second kappa shape index (κ2) is 13.2. The molecule has 39 heavy (non-hydrogen) atoms. The molecule has 3 aliphatic heterocycles. The molecule has 3 heterocycles. The van der Waals surface area contributed by atoms with E-state index in [4.69, 9.17) is 18.9 Å². The summed E-state index contributed by atoms with van der Waals surface area (Å²) in [6.45, 7) is 10.9. The number of esters is 1. The molecule has 10 heteroatoms. The third-order valence-corrected chi connectivity index (χ3v) is 7.77. The summed E-state index contributed by atoms with van der Waals surface area (Å²) in [6.07, 6.45) is 7.46. The highest BCUT2D eigenvalue weighted by atomic mass is 16.6. The predicted molar refractivity (Wildman–Crippen MR) is 143 cm³/mol. The molecule has 1 amide bonds. The monoisotopic (exact) mass is 549 g/mol. The molecule has 0 bridgehead atoms. The summed E-state index contributed by atoms with van der Waals surface area (Å²) < 4.78 is 22.8. The molecule has 0 aliphatic carbocycles. The Balaban J connectivity index is 1.51. The maximum atomic E-state index is 12.3. The van der Waals surface area contributed by atoms with Crippen LogP contribution in [0, 0.1) is 5.92 Å². The van der Waals surface area contributed by atoms with E-state index in [1.807, 2.05) is 26.8 Å². The fourth-order valence-corrected chi connectivity index (χ4v) is 5.47. The molecule has 3 saturated heterocycles. The van der Waals surface area contributed by atoms with E-state index < -0.39 is 42.0 Å². The fraction of sp³-hybridized carbons (Fsp3) is 0.690. The standard InChI is InChI=1S/C29H43NO9/c1-16(8-11-25-28(35)29(20(5)39-29)15-22(38-25)14-27(33)34)7-10-24-17(2)13-23(19(4)37-24)30-26(32)12-9-18(3)36-21(6)31/h7-9,11-12,17-20,22-25,28,35H,10,13-15H2,1-6H3,(H,30,32)(H,33,34)/b11-8+,12-9-,16-7+/t17-,18-,19+,20+,22+,23+,24-,25+,28+,29+/m0/s1. The summed E-state index contributed by atoms with van der Waals surface area (Å²) in [5.74, 6) is -1.40. The van der Waals surface area contributed by atoms with Crippen LogP contribution in [0.15, 0.2) is 36.0 Å². The smallest absolute Gasteiger partial charge is 0.305 e. The third-order valence-electron chi connectivity index (χ3n) is 7.77. The summed E-state index contributed by atoms with van der Waals surface area (Å²) in [7, 11) is 0. The van der Waals surface area contributed by atoms with Gasteiger partial charge in [-0.15, -0.1) is 0 Å². The highest BCUT2D eigenvalue weighted by molar-refractivity contribution is 5.87. The Bertz CT molecular complexity index is 991. The van der Waals surface area contributed by atoms with Crippen molar-refractivity contribution in [3.63, 3.8) is 0 Å². The Morgan fingerprint density at radius 3 is 2.46 bits per heavy atom. The minimum atomic E-state index is -0.943. The van der Waals surface area contributed by atoms with E-state index in [1.165, 1.54) is 13.0 Å². The molecular weight excluding hydrogens is 506 g/mol. The Kier molecular flexibility index (Phi) is 10.5. The second-order valence-electron chi connectivity index (χ2n) is 11.1. The zero-order chi connectivity index (χ0) is 28.9. The minimum absolute atomic E-state index is 0.0171. The molecule has 218 valence electrons. The molecule has 10 atom stereocenters. The first-order valence-corrected chi connectivity index (χ1v) is 13.7. The molecule has 10 nitrogen and oxygen atoms in total. The predicted octanol–water partition coefficient (Wildman–Crippen LogP) is 2.84. The van der Waals surface area contributed by atoms with E-state index in [1.54, 1.807) is 19.1 Å². The number of rotatable bonds is 10. The summed E-state index contributed by atoms with van der Waals surface area (Å²) in [4.78, 5) is 34.6. The van der Waals surface area contributed by atoms with E-state index >= 15 is 0 Å². The highest BCUT2D eigenvalue weighted by Crippen LogP contribution is 2.49. The van der Waals surface area contributed by atoms with Gasteiger partial charge in [0.2, 0.25) is 5.91 Å². The van der Waals surface area contributed by atoms with Crippen LogP contribution in [0.4, 0.5) is 0 Å². The zero-order valence-electron chi connectivity index (χ0n) is 23.7. The van der Waals surface area contributed by atoms with Crippen molar-refractivity contribution in [3.05, 3.63) is 36.0 Å². The number of carboxylic acid groups (broad SMARTS) is 1. The van der Waals surface area contributed by atoms with Crippen LogP contribution in [0.25, 0.3) is 0 Å². The molecule has 0 aromatic carbocycles. The van der Waals surface area contributed by atoms with Crippen LogP contribution in [0.3, 0.4) is 0 Å². The first-order valence-electron chi connectivity index (χ1n) is 13.7. The first-order chi connectivity index (χ1) is 18.3. The molecule has 3 fully saturated rings. The van der Waals surface area contributed by atoms with Gasteiger partial charge < -0.3 is 34.5 Å². The molecule has 1 spiro atoms. The lowest BCUT2D eigenvalue weighted by atomic mass is 9.84. The molecule has 0 aromatic rings. The number of ether oxygens (including phenoxy) is 4. The maximum absolute atomic E-state index is 12.3. The SMILES string of the molecule is CC(=O)O[C@@H](C)/C=C\C(=O)N[C@@H]1C[C@H](C)[C@H](C/C=C(C)/C=C/[C@H]2O[C@H](CC(=O)O)C[C@]3(O[C@@H]3C)[C@@H]2O)O[C@@H]1C. The largest absolute Gasteiger partial charge is 0.481 e. The van der Waals surface area contributed by atoms with Gasteiger partial charge in [0.15, 0.2) is 0 Å². The van der Waals surface area contributed by atoms with Crippen molar-refractivity contribution >= 4 is 17.8 Å². The number of nitrogens with one attached hydrogen (secondary N) is 1. The molecule has 0 unspecified atom stereocenters. The van der Waals surface area contributed by atoms with Crippen LogP contribution in [0.2, 0.25) is 0 Å². The number of aliphatic hydroxyl groups is 1. The molecule has 3 aliphatic rings. The van der Waals surface area contributed by atoms with Crippen molar-refractivity contribution in [2.75, 3.05) is 0 Å². The van der Waals surface area contributed by atoms with Crippen LogP contribution in [-0.4, -0.2) is 82.4 Å². The van der Waals surface area contributed by atoms with Gasteiger partial charge in [-0.05, 0) is 52.5 Å². The molecule has 0 aromatic heterocycles. The zero-order valence-corrected chi connectivity index (χ0v) is 23.7. The van der Waals surface area contributed by atoms with E-state index in [0.29, 0.717) is 12.8 Å². The Morgan fingerprint density at radius 2 is 1.85 bits per heavy atom. The number of carbonyl (C=O) groups excluding carboxylic acids is 2. The van der Waals surface area contributed by atoms with Crippen molar-refractivity contribution in [3.8, 4) is 0 Å². The van der Waals surface area contributed by atoms with Gasteiger partial charge >= 0.3 is 11.9 Å². The Labute approximate surface area is 230 Å². The number of aliphatic hydroxyl groups excluding tert-OH is 1. The normalized spacial score (nSPS) is 37.7. The van der Waals surface area contributed by atoms with Crippen molar-refractivity contribution in [1.82, 2.24) is 5.32 Å². The fourth-order valence-electron chi connectivity index (χ4n) is 5.47.